The summed E-state index contributed by atoms with van der Waals surface area (Å²) in [5.41, 5.74) is 0.374. The summed E-state index contributed by atoms with van der Waals surface area (Å²) in [6.45, 7) is 0.0640. The average Bonchev–Trinajstić information content (AvgIpc) is 2.53. The highest BCUT2D eigenvalue weighted by molar-refractivity contribution is 5.93. The van der Waals surface area contributed by atoms with Crippen molar-refractivity contribution < 1.29 is 27.4 Å². The third-order valence-corrected chi connectivity index (χ3v) is 3.49. The van der Waals surface area contributed by atoms with Gasteiger partial charge in [-0.3, -0.25) is 4.79 Å². The highest BCUT2D eigenvalue weighted by atomic mass is 35.5. The maximum Gasteiger partial charge on any atom is 0.422 e. The minimum atomic E-state index is -4.45. The highest BCUT2D eigenvalue weighted by Gasteiger charge is 2.29. The Bertz CT molecular complexity index is 549. The average molecular weight is 369 g/mol. The first kappa shape index (κ1) is 20.4. The summed E-state index contributed by atoms with van der Waals surface area (Å²) in [7, 11) is 1.34. The van der Waals surface area contributed by atoms with Gasteiger partial charge in [0.1, 0.15) is 0 Å². The fraction of sp³-hybridized carbons (Fsp3) is 0.533. The van der Waals surface area contributed by atoms with Crippen LogP contribution in [0.5, 0.6) is 11.5 Å². The van der Waals surface area contributed by atoms with Crippen molar-refractivity contribution in [3.05, 3.63) is 18.2 Å². The molecular weight excluding hydrogens is 349 g/mol. The fourth-order valence-corrected chi connectivity index (χ4v) is 2.35. The number of rotatable bonds is 5. The molecule has 1 aliphatic rings. The number of carbonyl (C=O) groups is 1. The molecule has 1 unspecified atom stereocenters. The van der Waals surface area contributed by atoms with Crippen molar-refractivity contribution in [3.8, 4) is 11.5 Å². The zero-order valence-corrected chi connectivity index (χ0v) is 13.9. The molecule has 0 aromatic heterocycles. The molecule has 2 rings (SSSR count). The van der Waals surface area contributed by atoms with Gasteiger partial charge in [-0.2, -0.15) is 13.2 Å². The van der Waals surface area contributed by atoms with Crippen LogP contribution in [0.4, 0.5) is 18.9 Å². The number of hydrogen-bond acceptors (Lipinski definition) is 4. The molecule has 1 fully saturated rings. The number of methoxy groups -OCH3 is 1. The first-order chi connectivity index (χ1) is 10.9. The minimum absolute atomic E-state index is 0. The molecule has 0 radical (unpaired) electrons. The van der Waals surface area contributed by atoms with Gasteiger partial charge in [0.05, 0.1) is 13.0 Å². The van der Waals surface area contributed by atoms with E-state index in [1.807, 2.05) is 0 Å². The molecule has 9 heteroatoms. The lowest BCUT2D eigenvalue weighted by Crippen LogP contribution is -2.37. The normalized spacial score (nSPS) is 17.6. The van der Waals surface area contributed by atoms with Crippen LogP contribution in [-0.2, 0) is 4.79 Å². The van der Waals surface area contributed by atoms with Crippen molar-refractivity contribution in [2.75, 3.05) is 32.1 Å². The maximum atomic E-state index is 12.3. The molecule has 1 aromatic carbocycles. The molecule has 1 atom stereocenters. The second kappa shape index (κ2) is 8.98. The molecule has 24 heavy (non-hydrogen) atoms. The molecule has 136 valence electrons. The van der Waals surface area contributed by atoms with Crippen molar-refractivity contribution in [3.63, 3.8) is 0 Å². The van der Waals surface area contributed by atoms with Crippen LogP contribution in [0.1, 0.15) is 12.8 Å². The Balaban J connectivity index is 0.00000288. The first-order valence-corrected chi connectivity index (χ1v) is 7.28. The van der Waals surface area contributed by atoms with E-state index in [9.17, 15) is 18.0 Å². The third-order valence-electron chi connectivity index (χ3n) is 3.49. The van der Waals surface area contributed by atoms with Gasteiger partial charge in [-0.1, -0.05) is 0 Å². The number of nitrogens with one attached hydrogen (secondary N) is 2. The zero-order valence-electron chi connectivity index (χ0n) is 13.1. The van der Waals surface area contributed by atoms with Crippen LogP contribution in [0.3, 0.4) is 0 Å². The van der Waals surface area contributed by atoms with E-state index in [1.54, 1.807) is 6.07 Å². The van der Waals surface area contributed by atoms with E-state index in [4.69, 9.17) is 9.47 Å². The summed E-state index contributed by atoms with van der Waals surface area (Å²) in [5, 5.41) is 5.84. The first-order valence-electron chi connectivity index (χ1n) is 7.28. The minimum Gasteiger partial charge on any atom is -0.493 e. The number of ether oxygens (including phenoxy) is 2. The van der Waals surface area contributed by atoms with Crippen molar-refractivity contribution in [1.29, 1.82) is 0 Å². The Hall–Kier alpha value is -1.67. The third kappa shape index (κ3) is 6.09. The second-order valence-corrected chi connectivity index (χ2v) is 5.30. The van der Waals surface area contributed by atoms with Crippen LogP contribution >= 0.6 is 12.4 Å². The SMILES string of the molecule is COc1ccc(NC(=O)C2CCCNC2)cc1OCC(F)(F)F.Cl. The molecule has 0 aliphatic carbocycles. The Morgan fingerprint density at radius 3 is 2.71 bits per heavy atom. The predicted octanol–water partition coefficient (Wildman–Crippen LogP) is 3.00. The molecule has 5 nitrogen and oxygen atoms in total. The molecule has 1 aliphatic heterocycles. The monoisotopic (exact) mass is 368 g/mol. The Kier molecular flexibility index (Phi) is 7.62. The van der Waals surface area contributed by atoms with Crippen molar-refractivity contribution in [1.82, 2.24) is 5.32 Å². The van der Waals surface area contributed by atoms with Gasteiger partial charge in [-0.25, -0.2) is 0 Å². The number of anilines is 1. The van der Waals surface area contributed by atoms with Crippen LogP contribution in [0.25, 0.3) is 0 Å². The largest absolute Gasteiger partial charge is 0.493 e. The lowest BCUT2D eigenvalue weighted by molar-refractivity contribution is -0.153. The fourth-order valence-electron chi connectivity index (χ4n) is 2.35. The number of halogens is 4. The molecule has 1 saturated heterocycles. The summed E-state index contributed by atoms with van der Waals surface area (Å²) in [5.74, 6) is -0.203. The van der Waals surface area contributed by atoms with Gasteiger partial charge in [-0.05, 0) is 31.5 Å². The van der Waals surface area contributed by atoms with E-state index in [0.29, 0.717) is 12.2 Å². The molecule has 2 N–H and O–H groups in total. The summed E-state index contributed by atoms with van der Waals surface area (Å²) in [6.07, 6.45) is -2.74. The number of carbonyl (C=O) groups excluding carboxylic acids is 1. The Morgan fingerprint density at radius 2 is 2.12 bits per heavy atom. The van der Waals surface area contributed by atoms with Gasteiger partial charge in [0.25, 0.3) is 0 Å². The highest BCUT2D eigenvalue weighted by Crippen LogP contribution is 2.32. The predicted molar refractivity (Wildman–Crippen MR) is 86.0 cm³/mol. The lowest BCUT2D eigenvalue weighted by atomic mass is 9.99. The smallest absolute Gasteiger partial charge is 0.422 e. The summed E-state index contributed by atoms with van der Waals surface area (Å²) in [6, 6.07) is 4.35. The molecule has 0 spiro atoms. The number of amides is 1. The van der Waals surface area contributed by atoms with E-state index >= 15 is 0 Å². The standard InChI is InChI=1S/C15H19F3N2O3.ClH/c1-22-12-5-4-11(7-13(12)23-9-15(16,17)18)20-14(21)10-3-2-6-19-8-10;/h4-5,7,10,19H,2-3,6,8-9H2,1H3,(H,20,21);1H. The topological polar surface area (TPSA) is 59.6 Å². The lowest BCUT2D eigenvalue weighted by Gasteiger charge is -2.22. The van der Waals surface area contributed by atoms with Crippen LogP contribution in [0.15, 0.2) is 18.2 Å². The van der Waals surface area contributed by atoms with Crippen molar-refractivity contribution >= 4 is 24.0 Å². The van der Waals surface area contributed by atoms with E-state index in [0.717, 1.165) is 19.4 Å². The zero-order chi connectivity index (χ0) is 16.9. The molecule has 0 bridgehead atoms. The van der Waals surface area contributed by atoms with E-state index in [-0.39, 0.29) is 35.7 Å². The Morgan fingerprint density at radius 1 is 1.38 bits per heavy atom. The van der Waals surface area contributed by atoms with Crippen LogP contribution in [0, 0.1) is 5.92 Å². The van der Waals surface area contributed by atoms with E-state index in [2.05, 4.69) is 10.6 Å². The van der Waals surface area contributed by atoms with Gasteiger partial charge in [-0.15, -0.1) is 12.4 Å². The van der Waals surface area contributed by atoms with E-state index < -0.39 is 12.8 Å². The second-order valence-electron chi connectivity index (χ2n) is 5.30. The molecule has 1 heterocycles. The maximum absolute atomic E-state index is 12.3. The number of hydrogen-bond donors (Lipinski definition) is 2. The van der Waals surface area contributed by atoms with Gasteiger partial charge >= 0.3 is 6.18 Å². The Labute approximate surface area is 144 Å². The molecule has 0 saturated carbocycles. The molecular formula is C15H20ClF3N2O3. The molecule has 1 aromatic rings. The summed E-state index contributed by atoms with van der Waals surface area (Å²) < 4.78 is 46.6. The summed E-state index contributed by atoms with van der Waals surface area (Å²) >= 11 is 0. The van der Waals surface area contributed by atoms with Crippen LogP contribution in [0.2, 0.25) is 0 Å². The quantitative estimate of drug-likeness (QED) is 0.838. The van der Waals surface area contributed by atoms with Gasteiger partial charge < -0.3 is 20.1 Å². The molecule has 1 amide bonds. The van der Waals surface area contributed by atoms with Gasteiger partial charge in [0.15, 0.2) is 18.1 Å². The van der Waals surface area contributed by atoms with Gasteiger partial charge in [0.2, 0.25) is 5.91 Å². The summed E-state index contributed by atoms with van der Waals surface area (Å²) in [4.78, 5) is 12.1. The van der Waals surface area contributed by atoms with Crippen LogP contribution < -0.4 is 20.1 Å². The van der Waals surface area contributed by atoms with E-state index in [1.165, 1.54) is 19.2 Å². The van der Waals surface area contributed by atoms with Crippen molar-refractivity contribution in [2.24, 2.45) is 5.92 Å². The number of alkyl halides is 3. The number of piperidine rings is 1. The van der Waals surface area contributed by atoms with Gasteiger partial charge in [0, 0.05) is 18.3 Å². The van der Waals surface area contributed by atoms with Crippen molar-refractivity contribution in [2.45, 2.75) is 19.0 Å². The number of benzene rings is 1. The van der Waals surface area contributed by atoms with Crippen LogP contribution in [-0.4, -0.2) is 38.9 Å².